The summed E-state index contributed by atoms with van der Waals surface area (Å²) in [5, 5.41) is 9.28. The van der Waals surface area contributed by atoms with Crippen LogP contribution in [0.2, 0.25) is 0 Å². The van der Waals surface area contributed by atoms with Gasteiger partial charge >= 0.3 is 0 Å². The van der Waals surface area contributed by atoms with E-state index < -0.39 is 0 Å². The summed E-state index contributed by atoms with van der Waals surface area (Å²) in [7, 11) is 0. The minimum Gasteiger partial charge on any atom is -0.294 e. The van der Waals surface area contributed by atoms with Gasteiger partial charge in [-0.1, -0.05) is 6.08 Å². The van der Waals surface area contributed by atoms with Crippen molar-refractivity contribution in [3.8, 4) is 10.7 Å². The number of rotatable bonds is 0. The number of nitrogens with zero attached hydrogens (tertiary/aromatic N) is 3. The molecule has 0 radical (unpaired) electrons. The Morgan fingerprint density at radius 3 is 3.29 bits per heavy atom. The molecule has 0 amide bonds. The molecule has 68 valence electrons. The number of ketones is 1. The van der Waals surface area contributed by atoms with Crippen molar-refractivity contribution in [2.45, 2.75) is 6.42 Å². The van der Waals surface area contributed by atoms with Gasteiger partial charge < -0.3 is 0 Å². The topological polar surface area (TPSA) is 55.7 Å². The second-order valence-corrected chi connectivity index (χ2v) is 4.05. The standard InChI is InChI=1S/C9H5N3OS/c13-5-1-2-8-6(3-5)11-7-4-10-12-9(7)14-8/h2-4H,1H2. The van der Waals surface area contributed by atoms with Crippen LogP contribution in [-0.2, 0) is 4.79 Å². The van der Waals surface area contributed by atoms with Crippen molar-refractivity contribution < 1.29 is 4.79 Å². The smallest absolute Gasteiger partial charge is 0.166 e. The predicted molar refractivity (Wildman–Crippen MR) is 52.1 cm³/mol. The minimum atomic E-state index is 0.101. The van der Waals surface area contributed by atoms with E-state index in [1.165, 1.54) is 11.3 Å². The Bertz CT molecular complexity index is 601. The Morgan fingerprint density at radius 2 is 2.36 bits per heavy atom. The Hall–Kier alpha value is -1.62. The normalized spacial score (nSPS) is 14.7. The van der Waals surface area contributed by atoms with Gasteiger partial charge in [0.1, 0.15) is 5.69 Å². The molecule has 0 bridgehead atoms. The molecule has 0 saturated carbocycles. The predicted octanol–water partition coefficient (Wildman–Crippen LogP) is -0.428. The lowest BCUT2D eigenvalue weighted by molar-refractivity contribution is -0.112. The number of carbonyl (C=O) groups is 1. The third kappa shape index (κ3) is 1.06. The number of aromatic nitrogens is 3. The molecule has 0 fully saturated rings. The van der Waals surface area contributed by atoms with Crippen LogP contribution in [0.3, 0.4) is 0 Å². The van der Waals surface area contributed by atoms with Gasteiger partial charge in [-0.3, -0.25) is 4.79 Å². The maximum atomic E-state index is 11.1. The highest BCUT2D eigenvalue weighted by atomic mass is 32.1. The van der Waals surface area contributed by atoms with Crippen molar-refractivity contribution in [1.82, 2.24) is 15.2 Å². The van der Waals surface area contributed by atoms with E-state index in [2.05, 4.69) is 15.2 Å². The summed E-state index contributed by atoms with van der Waals surface area (Å²) < 4.78 is 1.01. The maximum absolute atomic E-state index is 11.1. The first-order valence-electron chi connectivity index (χ1n) is 4.16. The Balaban J connectivity index is 2.48. The summed E-state index contributed by atoms with van der Waals surface area (Å²) in [6.07, 6.45) is 5.55. The Labute approximate surface area is 83.0 Å². The summed E-state index contributed by atoms with van der Waals surface area (Å²) in [5.74, 6) is 0.101. The summed E-state index contributed by atoms with van der Waals surface area (Å²) in [4.78, 5) is 15.5. The van der Waals surface area contributed by atoms with Crippen LogP contribution in [0.1, 0.15) is 6.42 Å². The number of Topliss-reactive ketones (excluding diaryl/α,β-unsaturated/α-hetero) is 1. The number of carbonyl (C=O) groups excluding carboxylic acids is 1. The number of fused-ring (bicyclic) bond motifs is 2. The van der Waals surface area contributed by atoms with Gasteiger partial charge in [0.15, 0.2) is 10.8 Å². The van der Waals surface area contributed by atoms with Crippen molar-refractivity contribution in [1.29, 1.82) is 0 Å². The highest BCUT2D eigenvalue weighted by Crippen LogP contribution is 2.14. The molecule has 4 nitrogen and oxygen atoms in total. The van der Waals surface area contributed by atoms with E-state index in [0.29, 0.717) is 6.42 Å². The molecule has 0 atom stereocenters. The lowest BCUT2D eigenvalue weighted by Gasteiger charge is -1.99. The van der Waals surface area contributed by atoms with E-state index >= 15 is 0 Å². The second kappa shape index (κ2) is 2.68. The first kappa shape index (κ1) is 7.75. The quantitative estimate of drug-likeness (QED) is 0.583. The van der Waals surface area contributed by atoms with Crippen LogP contribution in [0.15, 0.2) is 6.20 Å². The van der Waals surface area contributed by atoms with Gasteiger partial charge in [0.25, 0.3) is 0 Å². The monoisotopic (exact) mass is 203 g/mol. The third-order valence-electron chi connectivity index (χ3n) is 2.03. The van der Waals surface area contributed by atoms with E-state index in [0.717, 1.165) is 20.6 Å². The molecule has 5 heteroatoms. The van der Waals surface area contributed by atoms with Crippen molar-refractivity contribution >= 4 is 29.3 Å². The molecule has 0 spiro atoms. The highest BCUT2D eigenvalue weighted by molar-refractivity contribution is 7.12. The van der Waals surface area contributed by atoms with E-state index in [1.807, 2.05) is 6.08 Å². The van der Waals surface area contributed by atoms with Crippen LogP contribution < -0.4 is 9.88 Å². The van der Waals surface area contributed by atoms with E-state index in [4.69, 9.17) is 0 Å². The van der Waals surface area contributed by atoms with Gasteiger partial charge in [-0.25, -0.2) is 4.98 Å². The summed E-state index contributed by atoms with van der Waals surface area (Å²) in [6, 6.07) is 0. The molecule has 0 aromatic rings. The van der Waals surface area contributed by atoms with Crippen LogP contribution in [0.5, 0.6) is 0 Å². The highest BCUT2D eigenvalue weighted by Gasteiger charge is 2.10. The van der Waals surface area contributed by atoms with E-state index in [9.17, 15) is 4.79 Å². The van der Waals surface area contributed by atoms with E-state index in [1.54, 1.807) is 12.3 Å². The van der Waals surface area contributed by atoms with Gasteiger partial charge in [-0.05, 0) is 0 Å². The Kier molecular flexibility index (Phi) is 1.49. The molecular weight excluding hydrogens is 198 g/mol. The lowest BCUT2D eigenvalue weighted by atomic mass is 10.2. The van der Waals surface area contributed by atoms with Crippen LogP contribution in [0, 0.1) is 0 Å². The molecule has 2 heterocycles. The van der Waals surface area contributed by atoms with Crippen LogP contribution in [0.4, 0.5) is 0 Å². The lowest BCUT2D eigenvalue weighted by Crippen LogP contribution is -2.30. The zero-order chi connectivity index (χ0) is 9.54. The van der Waals surface area contributed by atoms with Crippen molar-refractivity contribution in [3.05, 3.63) is 16.1 Å². The number of hydrogen-bond donors (Lipinski definition) is 0. The first-order chi connectivity index (χ1) is 6.83. The fourth-order valence-corrected chi connectivity index (χ4v) is 2.26. The molecule has 0 N–H and O–H groups in total. The van der Waals surface area contributed by atoms with Crippen LogP contribution in [-0.4, -0.2) is 21.0 Å². The largest absolute Gasteiger partial charge is 0.294 e. The van der Waals surface area contributed by atoms with Crippen LogP contribution >= 0.6 is 11.3 Å². The summed E-state index contributed by atoms with van der Waals surface area (Å²) in [6.45, 7) is 0. The average Bonchev–Trinajstić information content (AvgIpc) is 2.61. The van der Waals surface area contributed by atoms with Crippen molar-refractivity contribution in [2.75, 3.05) is 0 Å². The summed E-state index contributed by atoms with van der Waals surface area (Å²) in [5.41, 5.74) is 0.758. The summed E-state index contributed by atoms with van der Waals surface area (Å²) >= 11 is 1.52. The molecule has 2 aliphatic heterocycles. The van der Waals surface area contributed by atoms with Crippen molar-refractivity contribution in [3.63, 3.8) is 0 Å². The molecule has 3 rings (SSSR count). The van der Waals surface area contributed by atoms with E-state index in [-0.39, 0.29) is 5.78 Å². The Morgan fingerprint density at radius 1 is 1.43 bits per heavy atom. The van der Waals surface area contributed by atoms with Gasteiger partial charge in [0.05, 0.1) is 16.1 Å². The molecule has 0 aromatic carbocycles. The molecule has 14 heavy (non-hydrogen) atoms. The molecular formula is C9H5N3OS. The van der Waals surface area contributed by atoms with Crippen LogP contribution in [0.25, 0.3) is 22.9 Å². The SMILES string of the molecule is O=C1C=c2nc3cnnc-3sc2=CC1. The molecule has 1 aliphatic carbocycles. The first-order valence-corrected chi connectivity index (χ1v) is 4.97. The molecule has 0 unspecified atom stereocenters. The molecule has 0 aromatic heterocycles. The zero-order valence-electron chi connectivity index (χ0n) is 7.10. The zero-order valence-corrected chi connectivity index (χ0v) is 7.91. The van der Waals surface area contributed by atoms with Gasteiger partial charge in [0, 0.05) is 12.5 Å². The maximum Gasteiger partial charge on any atom is 0.166 e. The van der Waals surface area contributed by atoms with Crippen molar-refractivity contribution in [2.24, 2.45) is 0 Å². The molecule has 0 saturated heterocycles. The van der Waals surface area contributed by atoms with Gasteiger partial charge in [-0.2, -0.15) is 5.10 Å². The number of hydrogen-bond acceptors (Lipinski definition) is 5. The fraction of sp³-hybridized carbons (Fsp3) is 0.111. The average molecular weight is 203 g/mol. The van der Waals surface area contributed by atoms with Gasteiger partial charge in [0.2, 0.25) is 0 Å². The second-order valence-electron chi connectivity index (χ2n) is 3.02. The third-order valence-corrected chi connectivity index (χ3v) is 3.11. The minimum absolute atomic E-state index is 0.101. The fourth-order valence-electron chi connectivity index (χ4n) is 1.39. The molecule has 3 aliphatic rings. The van der Waals surface area contributed by atoms with Gasteiger partial charge in [-0.15, -0.1) is 16.4 Å².